The number of hydrogen-bond donors (Lipinski definition) is 2. The molecule has 0 saturated heterocycles. The van der Waals surface area contributed by atoms with E-state index in [1.54, 1.807) is 19.2 Å². The van der Waals surface area contributed by atoms with Gasteiger partial charge in [0.25, 0.3) is 0 Å². The van der Waals surface area contributed by atoms with Gasteiger partial charge in [-0.1, -0.05) is 29.5 Å². The molecule has 4 rings (SSSR count). The van der Waals surface area contributed by atoms with Crippen molar-refractivity contribution < 1.29 is 14.3 Å². The van der Waals surface area contributed by atoms with Gasteiger partial charge in [0.2, 0.25) is 11.7 Å². The fourth-order valence-electron chi connectivity index (χ4n) is 3.02. The van der Waals surface area contributed by atoms with E-state index < -0.39 is 5.91 Å². The molecule has 0 saturated carbocycles. The number of hydrogen-bond acceptors (Lipinski definition) is 6. The largest absolute Gasteiger partial charge is 0.497 e. The summed E-state index contributed by atoms with van der Waals surface area (Å²) in [6.45, 7) is 0.171. The molecular weight excluding hydrogens is 358 g/mol. The lowest BCUT2D eigenvalue weighted by Gasteiger charge is -2.15. The maximum atomic E-state index is 11.5. The van der Waals surface area contributed by atoms with E-state index in [4.69, 9.17) is 15.2 Å². The number of amides is 1. The lowest BCUT2D eigenvalue weighted by Crippen LogP contribution is -2.10. The Morgan fingerprint density at radius 2 is 1.93 bits per heavy atom. The molecule has 3 aromatic carbocycles. The van der Waals surface area contributed by atoms with E-state index >= 15 is 0 Å². The summed E-state index contributed by atoms with van der Waals surface area (Å²) in [4.78, 5) is 11.5. The van der Waals surface area contributed by atoms with Crippen molar-refractivity contribution in [3.05, 3.63) is 66.0 Å². The minimum atomic E-state index is -0.467. The van der Waals surface area contributed by atoms with Gasteiger partial charge in [0, 0.05) is 11.1 Å². The Labute approximate surface area is 160 Å². The first kappa shape index (κ1) is 17.5. The van der Waals surface area contributed by atoms with Crippen LogP contribution in [0.4, 0.5) is 0 Å². The molecule has 8 nitrogen and oxygen atoms in total. The predicted octanol–water partition coefficient (Wildman–Crippen LogP) is 2.71. The van der Waals surface area contributed by atoms with Gasteiger partial charge < -0.3 is 15.2 Å². The maximum Gasteiger partial charge on any atom is 0.248 e. The Kier molecular flexibility index (Phi) is 4.59. The average molecular weight is 375 g/mol. The second kappa shape index (κ2) is 7.36. The third-order valence-electron chi connectivity index (χ3n) is 4.39. The molecule has 4 aromatic rings. The zero-order valence-corrected chi connectivity index (χ0v) is 15.0. The summed E-state index contributed by atoms with van der Waals surface area (Å²) in [5, 5.41) is 15.6. The van der Waals surface area contributed by atoms with Crippen molar-refractivity contribution >= 4 is 16.7 Å². The number of nitrogens with one attached hydrogen (secondary N) is 1. The third-order valence-corrected chi connectivity index (χ3v) is 4.39. The highest BCUT2D eigenvalue weighted by atomic mass is 16.5. The van der Waals surface area contributed by atoms with Crippen LogP contribution in [0.1, 0.15) is 16.2 Å². The SMILES string of the molecule is COc1ccc(-c2c(OCc3nn[nH]n3)ccc3cc(C(N)=O)ccc23)cc1. The van der Waals surface area contributed by atoms with Crippen LogP contribution in [0.25, 0.3) is 21.9 Å². The first-order valence-electron chi connectivity index (χ1n) is 8.52. The second-order valence-corrected chi connectivity index (χ2v) is 6.08. The first-order chi connectivity index (χ1) is 13.7. The van der Waals surface area contributed by atoms with Crippen LogP contribution in [0.5, 0.6) is 11.5 Å². The molecule has 0 aliphatic rings. The van der Waals surface area contributed by atoms with Crippen LogP contribution in [0, 0.1) is 0 Å². The number of rotatable bonds is 6. The number of ether oxygens (including phenoxy) is 2. The van der Waals surface area contributed by atoms with Gasteiger partial charge in [-0.2, -0.15) is 5.21 Å². The van der Waals surface area contributed by atoms with Crippen molar-refractivity contribution in [3.8, 4) is 22.6 Å². The molecule has 0 aliphatic heterocycles. The van der Waals surface area contributed by atoms with Gasteiger partial charge in [-0.3, -0.25) is 4.79 Å². The minimum absolute atomic E-state index is 0.171. The number of aromatic amines is 1. The lowest BCUT2D eigenvalue weighted by atomic mass is 9.95. The molecule has 140 valence electrons. The maximum absolute atomic E-state index is 11.5. The number of H-pyrrole nitrogens is 1. The van der Waals surface area contributed by atoms with Gasteiger partial charge in [-0.15, -0.1) is 10.2 Å². The molecule has 0 fully saturated rings. The van der Waals surface area contributed by atoms with Crippen molar-refractivity contribution in [1.82, 2.24) is 20.6 Å². The number of carbonyl (C=O) groups excluding carboxylic acids is 1. The summed E-state index contributed by atoms with van der Waals surface area (Å²) in [6.07, 6.45) is 0. The number of methoxy groups -OCH3 is 1. The van der Waals surface area contributed by atoms with E-state index in [1.165, 1.54) is 0 Å². The first-order valence-corrected chi connectivity index (χ1v) is 8.52. The molecule has 0 unspecified atom stereocenters. The molecular formula is C20H17N5O3. The van der Waals surface area contributed by atoms with Crippen LogP contribution < -0.4 is 15.2 Å². The molecule has 0 bridgehead atoms. The molecule has 3 N–H and O–H groups in total. The summed E-state index contributed by atoms with van der Waals surface area (Å²) in [5.74, 6) is 1.40. The van der Waals surface area contributed by atoms with Crippen LogP contribution in [0.3, 0.4) is 0 Å². The normalized spacial score (nSPS) is 10.8. The van der Waals surface area contributed by atoms with Crippen molar-refractivity contribution in [1.29, 1.82) is 0 Å². The number of nitrogens with two attached hydrogens (primary N) is 1. The van der Waals surface area contributed by atoms with Crippen molar-refractivity contribution in [2.45, 2.75) is 6.61 Å². The van der Waals surface area contributed by atoms with Crippen LogP contribution in [0.15, 0.2) is 54.6 Å². The summed E-state index contributed by atoms with van der Waals surface area (Å²) in [7, 11) is 1.62. The molecule has 0 atom stereocenters. The second-order valence-electron chi connectivity index (χ2n) is 6.08. The number of benzene rings is 3. The smallest absolute Gasteiger partial charge is 0.248 e. The van der Waals surface area contributed by atoms with Gasteiger partial charge >= 0.3 is 0 Å². The number of fused-ring (bicyclic) bond motifs is 1. The molecule has 1 heterocycles. The van der Waals surface area contributed by atoms with Gasteiger partial charge in [0.05, 0.1) is 7.11 Å². The summed E-state index contributed by atoms with van der Waals surface area (Å²) in [6, 6.07) is 16.8. The molecule has 1 aromatic heterocycles. The topological polar surface area (TPSA) is 116 Å². The Morgan fingerprint density at radius 3 is 2.61 bits per heavy atom. The molecule has 0 spiro atoms. The molecule has 0 radical (unpaired) electrons. The monoisotopic (exact) mass is 375 g/mol. The predicted molar refractivity (Wildman–Crippen MR) is 103 cm³/mol. The highest BCUT2D eigenvalue weighted by Gasteiger charge is 2.14. The van der Waals surface area contributed by atoms with Crippen molar-refractivity contribution in [2.24, 2.45) is 5.73 Å². The van der Waals surface area contributed by atoms with E-state index in [-0.39, 0.29) is 6.61 Å². The summed E-state index contributed by atoms with van der Waals surface area (Å²) >= 11 is 0. The molecule has 8 heteroatoms. The minimum Gasteiger partial charge on any atom is -0.497 e. The molecule has 1 amide bonds. The summed E-state index contributed by atoms with van der Waals surface area (Å²) in [5.41, 5.74) is 7.70. The Morgan fingerprint density at radius 1 is 1.11 bits per heavy atom. The van der Waals surface area contributed by atoms with Crippen LogP contribution in [-0.2, 0) is 6.61 Å². The Bertz CT molecular complexity index is 1120. The standard InChI is InChI=1S/C20H17N5O3/c1-27-15-6-2-12(3-7-15)19-16-8-4-14(20(21)26)10-13(16)5-9-17(19)28-11-18-22-24-25-23-18/h2-10H,11H2,1H3,(H2,21,26)(H,22,23,24,25). The Hall–Kier alpha value is -3.94. The van der Waals surface area contributed by atoms with E-state index in [0.29, 0.717) is 17.1 Å². The number of carbonyl (C=O) groups is 1. The number of tetrazole rings is 1. The highest BCUT2D eigenvalue weighted by molar-refractivity contribution is 6.04. The fraction of sp³-hybridized carbons (Fsp3) is 0.100. The molecule has 28 heavy (non-hydrogen) atoms. The van der Waals surface area contributed by atoms with E-state index in [0.717, 1.165) is 27.6 Å². The Balaban J connectivity index is 1.84. The van der Waals surface area contributed by atoms with E-state index in [9.17, 15) is 4.79 Å². The fourth-order valence-corrected chi connectivity index (χ4v) is 3.02. The zero-order valence-electron chi connectivity index (χ0n) is 15.0. The number of primary amides is 1. The molecule has 0 aliphatic carbocycles. The van der Waals surface area contributed by atoms with Gasteiger partial charge in [0.15, 0.2) is 6.61 Å². The number of aromatic nitrogens is 4. The van der Waals surface area contributed by atoms with Gasteiger partial charge in [-0.05, 0) is 46.7 Å². The van der Waals surface area contributed by atoms with Crippen LogP contribution in [0.2, 0.25) is 0 Å². The quantitative estimate of drug-likeness (QED) is 0.535. The van der Waals surface area contributed by atoms with Crippen molar-refractivity contribution in [3.63, 3.8) is 0 Å². The van der Waals surface area contributed by atoms with E-state index in [1.807, 2.05) is 42.5 Å². The number of nitrogens with zero attached hydrogens (tertiary/aromatic N) is 3. The third kappa shape index (κ3) is 3.35. The summed E-state index contributed by atoms with van der Waals surface area (Å²) < 4.78 is 11.2. The highest BCUT2D eigenvalue weighted by Crippen LogP contribution is 2.38. The lowest BCUT2D eigenvalue weighted by molar-refractivity contribution is 0.100. The van der Waals surface area contributed by atoms with Gasteiger partial charge in [0.1, 0.15) is 11.5 Å². The average Bonchev–Trinajstić information content (AvgIpc) is 3.25. The van der Waals surface area contributed by atoms with Gasteiger partial charge in [-0.25, -0.2) is 0 Å². The van der Waals surface area contributed by atoms with Crippen molar-refractivity contribution in [2.75, 3.05) is 7.11 Å². The van der Waals surface area contributed by atoms with Crippen LogP contribution in [-0.4, -0.2) is 33.6 Å². The van der Waals surface area contributed by atoms with Crippen LogP contribution >= 0.6 is 0 Å². The van der Waals surface area contributed by atoms with E-state index in [2.05, 4.69) is 20.6 Å². The zero-order chi connectivity index (χ0) is 19.5.